The normalized spacial score (nSPS) is 14.1. The van der Waals surface area contributed by atoms with Gasteiger partial charge in [-0.15, -0.1) is 0 Å². The maximum atomic E-state index is 12.0. The quantitative estimate of drug-likeness (QED) is 0.578. The number of nitrogens with zero attached hydrogens (tertiary/aromatic N) is 3. The summed E-state index contributed by atoms with van der Waals surface area (Å²) in [6, 6.07) is 1.39. The number of carbonyl (C=O) groups excluding carboxylic acids is 2. The fraction of sp³-hybridized carbons (Fsp3) is 0.588. The summed E-state index contributed by atoms with van der Waals surface area (Å²) in [7, 11) is 0. The molecule has 0 unspecified atom stereocenters. The maximum Gasteiger partial charge on any atom is 0.358 e. The average Bonchev–Trinajstić information content (AvgIpc) is 3.22. The number of carbonyl (C=O) groups is 2. The molecule has 24 heavy (non-hydrogen) atoms. The number of rotatable bonds is 6. The van der Waals surface area contributed by atoms with Crippen LogP contribution in [0.15, 0.2) is 6.07 Å². The lowest BCUT2D eigenvalue weighted by molar-refractivity contribution is 0.0507. The molecular formula is C17H23N3O4. The van der Waals surface area contributed by atoms with Crippen LogP contribution in [0, 0.1) is 11.8 Å². The highest BCUT2D eigenvalue weighted by Gasteiger charge is 2.20. The molecule has 7 heteroatoms. The molecule has 1 aliphatic rings. The van der Waals surface area contributed by atoms with Gasteiger partial charge in [0.05, 0.1) is 19.8 Å². The summed E-state index contributed by atoms with van der Waals surface area (Å²) in [6.07, 6.45) is 2.44. The van der Waals surface area contributed by atoms with Gasteiger partial charge < -0.3 is 9.47 Å². The standard InChI is InChI=1S/C17H23N3O4/c1-3-23-16(21)14-13-15(17(22)24-4-2)20(18-14)12-8-7-11-19-9-5-6-10-19/h13H,3-6,9-12H2,1-2H3. The summed E-state index contributed by atoms with van der Waals surface area (Å²) in [5.74, 6) is 4.99. The Morgan fingerprint density at radius 2 is 1.71 bits per heavy atom. The molecule has 0 spiro atoms. The first-order valence-corrected chi connectivity index (χ1v) is 8.25. The van der Waals surface area contributed by atoms with Crippen molar-refractivity contribution in [2.75, 3.05) is 32.8 Å². The zero-order valence-corrected chi connectivity index (χ0v) is 14.2. The van der Waals surface area contributed by atoms with E-state index in [1.165, 1.54) is 23.6 Å². The molecule has 1 saturated heterocycles. The fourth-order valence-corrected chi connectivity index (χ4v) is 2.45. The number of ether oxygens (including phenoxy) is 2. The van der Waals surface area contributed by atoms with Crippen LogP contribution < -0.4 is 0 Å². The van der Waals surface area contributed by atoms with E-state index in [1.807, 2.05) is 0 Å². The van der Waals surface area contributed by atoms with E-state index in [2.05, 4.69) is 21.8 Å². The van der Waals surface area contributed by atoms with Crippen LogP contribution in [0.5, 0.6) is 0 Å². The summed E-state index contributed by atoms with van der Waals surface area (Å²) in [5.41, 5.74) is 0.289. The van der Waals surface area contributed by atoms with Crippen LogP contribution in [0.25, 0.3) is 0 Å². The SMILES string of the molecule is CCOC(=O)c1cc(C(=O)OCC)n(CC#CCN2CCCC2)n1. The number of aromatic nitrogens is 2. The number of hydrogen-bond donors (Lipinski definition) is 0. The van der Waals surface area contributed by atoms with Crippen LogP contribution in [0.1, 0.15) is 47.7 Å². The van der Waals surface area contributed by atoms with Gasteiger partial charge in [-0.3, -0.25) is 4.90 Å². The third-order valence-electron chi connectivity index (χ3n) is 3.60. The summed E-state index contributed by atoms with van der Waals surface area (Å²) in [5, 5.41) is 4.13. The number of hydrogen-bond acceptors (Lipinski definition) is 6. The van der Waals surface area contributed by atoms with Crippen molar-refractivity contribution in [1.82, 2.24) is 14.7 Å². The molecule has 0 N–H and O–H groups in total. The fourth-order valence-electron chi connectivity index (χ4n) is 2.45. The lowest BCUT2D eigenvalue weighted by Crippen LogP contribution is -2.19. The molecular weight excluding hydrogens is 310 g/mol. The minimum absolute atomic E-state index is 0.0845. The molecule has 7 nitrogen and oxygen atoms in total. The minimum Gasteiger partial charge on any atom is -0.461 e. The third-order valence-corrected chi connectivity index (χ3v) is 3.60. The molecule has 0 saturated carbocycles. The van der Waals surface area contributed by atoms with Gasteiger partial charge in [-0.25, -0.2) is 14.3 Å². The van der Waals surface area contributed by atoms with Crippen LogP contribution in [-0.4, -0.2) is 59.5 Å². The Hall–Kier alpha value is -2.33. The van der Waals surface area contributed by atoms with Gasteiger partial charge in [-0.05, 0) is 39.8 Å². The number of likely N-dealkylation sites (tertiary alicyclic amines) is 1. The van der Waals surface area contributed by atoms with E-state index in [0.717, 1.165) is 13.1 Å². The molecule has 1 aliphatic heterocycles. The first-order valence-electron chi connectivity index (χ1n) is 8.25. The average molecular weight is 333 g/mol. The zero-order valence-electron chi connectivity index (χ0n) is 14.2. The van der Waals surface area contributed by atoms with E-state index >= 15 is 0 Å². The highest BCUT2D eigenvalue weighted by molar-refractivity contribution is 5.93. The molecule has 1 aromatic rings. The van der Waals surface area contributed by atoms with Gasteiger partial charge in [0, 0.05) is 6.07 Å². The summed E-state index contributed by atoms with van der Waals surface area (Å²) < 4.78 is 11.3. The van der Waals surface area contributed by atoms with Crippen molar-refractivity contribution in [3.63, 3.8) is 0 Å². The molecule has 1 aromatic heterocycles. The van der Waals surface area contributed by atoms with Crippen LogP contribution in [-0.2, 0) is 16.0 Å². The van der Waals surface area contributed by atoms with Gasteiger partial charge in [0.2, 0.25) is 0 Å². The van der Waals surface area contributed by atoms with E-state index in [9.17, 15) is 9.59 Å². The Labute approximate surface area is 141 Å². The Morgan fingerprint density at radius 3 is 2.38 bits per heavy atom. The van der Waals surface area contributed by atoms with E-state index < -0.39 is 11.9 Å². The van der Waals surface area contributed by atoms with E-state index in [-0.39, 0.29) is 31.1 Å². The van der Waals surface area contributed by atoms with Crippen LogP contribution in [0.2, 0.25) is 0 Å². The van der Waals surface area contributed by atoms with Crippen molar-refractivity contribution in [3.05, 3.63) is 17.5 Å². The van der Waals surface area contributed by atoms with Crippen molar-refractivity contribution >= 4 is 11.9 Å². The predicted octanol–water partition coefficient (Wildman–Crippen LogP) is 1.34. The molecule has 0 radical (unpaired) electrons. The first kappa shape index (κ1) is 18.0. The van der Waals surface area contributed by atoms with Crippen molar-refractivity contribution in [3.8, 4) is 11.8 Å². The highest BCUT2D eigenvalue weighted by Crippen LogP contribution is 2.09. The monoisotopic (exact) mass is 333 g/mol. The minimum atomic E-state index is -0.563. The number of esters is 2. The highest BCUT2D eigenvalue weighted by atomic mass is 16.5. The zero-order chi connectivity index (χ0) is 17.4. The van der Waals surface area contributed by atoms with Gasteiger partial charge >= 0.3 is 11.9 Å². The van der Waals surface area contributed by atoms with E-state index in [4.69, 9.17) is 9.47 Å². The lowest BCUT2D eigenvalue weighted by atomic mass is 10.3. The van der Waals surface area contributed by atoms with Crippen molar-refractivity contribution in [2.24, 2.45) is 0 Å². The molecule has 0 atom stereocenters. The van der Waals surface area contributed by atoms with Gasteiger partial charge in [-0.2, -0.15) is 5.10 Å². The summed E-state index contributed by atoms with van der Waals surface area (Å²) >= 11 is 0. The van der Waals surface area contributed by atoms with E-state index in [0.29, 0.717) is 6.54 Å². The Balaban J connectivity index is 2.08. The Morgan fingerprint density at radius 1 is 1.08 bits per heavy atom. The smallest absolute Gasteiger partial charge is 0.358 e. The first-order chi connectivity index (χ1) is 11.7. The molecule has 0 aliphatic carbocycles. The largest absolute Gasteiger partial charge is 0.461 e. The second-order valence-corrected chi connectivity index (χ2v) is 5.35. The molecule has 130 valence electrons. The van der Waals surface area contributed by atoms with Gasteiger partial charge in [0.15, 0.2) is 5.69 Å². The van der Waals surface area contributed by atoms with Gasteiger partial charge in [0.25, 0.3) is 0 Å². The maximum absolute atomic E-state index is 12.0. The third kappa shape index (κ3) is 4.83. The molecule has 0 bridgehead atoms. The molecule has 0 amide bonds. The molecule has 2 heterocycles. The lowest BCUT2D eigenvalue weighted by Gasteiger charge is -2.08. The van der Waals surface area contributed by atoms with Crippen molar-refractivity contribution in [1.29, 1.82) is 0 Å². The van der Waals surface area contributed by atoms with Crippen LogP contribution >= 0.6 is 0 Å². The van der Waals surface area contributed by atoms with Crippen molar-refractivity contribution < 1.29 is 19.1 Å². The molecule has 1 fully saturated rings. The topological polar surface area (TPSA) is 73.7 Å². The second-order valence-electron chi connectivity index (χ2n) is 5.35. The summed E-state index contributed by atoms with van der Waals surface area (Å²) in [4.78, 5) is 26.1. The van der Waals surface area contributed by atoms with E-state index in [1.54, 1.807) is 13.8 Å². The van der Waals surface area contributed by atoms with Crippen LogP contribution in [0.3, 0.4) is 0 Å². The van der Waals surface area contributed by atoms with Gasteiger partial charge in [0.1, 0.15) is 12.2 Å². The van der Waals surface area contributed by atoms with Crippen molar-refractivity contribution in [2.45, 2.75) is 33.2 Å². The second kappa shape index (κ2) is 9.08. The Kier molecular flexibility index (Phi) is 6.82. The molecule has 0 aromatic carbocycles. The Bertz CT molecular complexity index is 636. The molecule has 2 rings (SSSR count). The van der Waals surface area contributed by atoms with Crippen LogP contribution in [0.4, 0.5) is 0 Å². The summed E-state index contributed by atoms with van der Waals surface area (Å²) in [6.45, 7) is 7.03. The van der Waals surface area contributed by atoms with Gasteiger partial charge in [-0.1, -0.05) is 11.8 Å². The predicted molar refractivity (Wildman–Crippen MR) is 87.6 cm³/mol.